The van der Waals surface area contributed by atoms with E-state index in [-0.39, 0.29) is 30.8 Å². The van der Waals surface area contributed by atoms with E-state index in [0.29, 0.717) is 36.0 Å². The summed E-state index contributed by atoms with van der Waals surface area (Å²) >= 11 is 0. The molecule has 1 atom stereocenters. The maximum Gasteiger partial charge on any atom is 0.272 e. The lowest BCUT2D eigenvalue weighted by molar-refractivity contribution is -0.123. The van der Waals surface area contributed by atoms with Crippen molar-refractivity contribution in [3.63, 3.8) is 0 Å². The van der Waals surface area contributed by atoms with Gasteiger partial charge in [0.1, 0.15) is 23.1 Å². The minimum Gasteiger partial charge on any atom is -0.331 e. The molecule has 2 aromatic heterocycles. The molecule has 3 aliphatic rings. The fourth-order valence-corrected chi connectivity index (χ4v) is 4.40. The van der Waals surface area contributed by atoms with Gasteiger partial charge in [-0.1, -0.05) is 0 Å². The summed E-state index contributed by atoms with van der Waals surface area (Å²) < 4.78 is 14.5. The number of halogens is 1. The van der Waals surface area contributed by atoms with Crippen LogP contribution in [0.15, 0.2) is 24.4 Å². The molecule has 10 heteroatoms. The van der Waals surface area contributed by atoms with Crippen LogP contribution in [0.2, 0.25) is 0 Å². The van der Waals surface area contributed by atoms with Crippen LogP contribution in [0.25, 0.3) is 0 Å². The molecule has 1 N–H and O–H groups in total. The van der Waals surface area contributed by atoms with Gasteiger partial charge in [-0.2, -0.15) is 10.4 Å². The molecule has 1 saturated carbocycles. The van der Waals surface area contributed by atoms with Gasteiger partial charge in [0, 0.05) is 37.6 Å². The number of alkyl halides is 1. The number of nitrogens with zero attached hydrogens (tertiary/aromatic N) is 6. The molecule has 3 fully saturated rings. The van der Waals surface area contributed by atoms with E-state index in [1.165, 1.54) is 9.58 Å². The molecule has 0 bridgehead atoms. The van der Waals surface area contributed by atoms with Gasteiger partial charge >= 0.3 is 0 Å². The molecule has 1 aliphatic carbocycles. The first-order valence-corrected chi connectivity index (χ1v) is 10.3. The van der Waals surface area contributed by atoms with E-state index in [1.54, 1.807) is 36.3 Å². The summed E-state index contributed by atoms with van der Waals surface area (Å²) in [6.07, 6.45) is 3.03. The molecular weight excluding hydrogens is 401 g/mol. The number of aromatic nitrogens is 3. The average molecular weight is 423 g/mol. The molecule has 0 unspecified atom stereocenters. The van der Waals surface area contributed by atoms with Crippen molar-refractivity contribution in [2.75, 3.05) is 29.9 Å². The molecule has 2 aliphatic heterocycles. The molecule has 2 amide bonds. The van der Waals surface area contributed by atoms with Gasteiger partial charge in [0.2, 0.25) is 5.91 Å². The topological polar surface area (TPSA) is 107 Å². The highest BCUT2D eigenvalue weighted by atomic mass is 19.1. The molecule has 0 radical (unpaired) electrons. The fourth-order valence-electron chi connectivity index (χ4n) is 4.40. The fraction of sp³-hybridized carbons (Fsp3) is 0.476. The third-order valence-electron chi connectivity index (χ3n) is 6.36. The van der Waals surface area contributed by atoms with Crippen LogP contribution in [0, 0.1) is 22.7 Å². The van der Waals surface area contributed by atoms with Crippen LogP contribution in [0.1, 0.15) is 29.8 Å². The van der Waals surface area contributed by atoms with Crippen LogP contribution in [-0.4, -0.2) is 57.3 Å². The molecule has 31 heavy (non-hydrogen) atoms. The summed E-state index contributed by atoms with van der Waals surface area (Å²) in [7, 11) is 1.65. The van der Waals surface area contributed by atoms with Gasteiger partial charge in [-0.25, -0.2) is 9.37 Å². The monoisotopic (exact) mass is 423 g/mol. The highest BCUT2D eigenvalue weighted by Gasteiger charge is 2.56. The lowest BCUT2D eigenvalue weighted by Crippen LogP contribution is -2.51. The van der Waals surface area contributed by atoms with E-state index in [1.807, 2.05) is 0 Å². The normalized spacial score (nSPS) is 23.6. The van der Waals surface area contributed by atoms with Crippen LogP contribution in [0.3, 0.4) is 0 Å². The van der Waals surface area contributed by atoms with Crippen LogP contribution in [-0.2, 0) is 11.8 Å². The molecule has 2 saturated heterocycles. The number of carbonyl (C=O) groups is 2. The standard InChI is InChI=1S/C21H22FN7O2/c1-27-16(19(30)28-10-14(22)11-28)9-18(26-27)25-17-8-15(4-6-24-17)29-7-5-21(12-23,20(29)31)13-2-3-13/h4,6,8-9,13-14H,2-3,5,7,10-11H2,1H3,(H,24,25,26)/t21-/m1/s1. The lowest BCUT2D eigenvalue weighted by atomic mass is 9.83. The van der Waals surface area contributed by atoms with E-state index in [2.05, 4.69) is 21.5 Å². The highest BCUT2D eigenvalue weighted by molar-refractivity contribution is 6.02. The Morgan fingerprint density at radius 2 is 2.10 bits per heavy atom. The summed E-state index contributed by atoms with van der Waals surface area (Å²) in [5.41, 5.74) is 0.119. The number of pyridine rings is 1. The average Bonchev–Trinajstić information content (AvgIpc) is 3.44. The van der Waals surface area contributed by atoms with Crippen molar-refractivity contribution in [2.45, 2.75) is 25.4 Å². The number of rotatable bonds is 5. The van der Waals surface area contributed by atoms with Crippen LogP contribution in [0.4, 0.5) is 21.7 Å². The van der Waals surface area contributed by atoms with Crippen molar-refractivity contribution in [1.82, 2.24) is 19.7 Å². The second-order valence-electron chi connectivity index (χ2n) is 8.43. The molecule has 9 nitrogen and oxygen atoms in total. The van der Waals surface area contributed by atoms with Gasteiger partial charge in [0.05, 0.1) is 19.2 Å². The summed E-state index contributed by atoms with van der Waals surface area (Å²) in [6, 6.07) is 7.36. The molecule has 4 heterocycles. The summed E-state index contributed by atoms with van der Waals surface area (Å²) in [6.45, 7) is 0.705. The van der Waals surface area contributed by atoms with Crippen molar-refractivity contribution in [2.24, 2.45) is 18.4 Å². The van der Waals surface area contributed by atoms with Gasteiger partial charge in [-0.05, 0) is 31.2 Å². The Bertz CT molecular complexity index is 1100. The Morgan fingerprint density at radius 1 is 1.32 bits per heavy atom. The number of nitrogens with one attached hydrogen (secondary N) is 1. The van der Waals surface area contributed by atoms with Crippen molar-refractivity contribution in [1.29, 1.82) is 5.26 Å². The van der Waals surface area contributed by atoms with E-state index in [9.17, 15) is 19.2 Å². The zero-order valence-corrected chi connectivity index (χ0v) is 17.1. The van der Waals surface area contributed by atoms with Gasteiger partial charge < -0.3 is 15.1 Å². The molecule has 160 valence electrons. The molecule has 2 aromatic rings. The molecule has 0 aromatic carbocycles. The Morgan fingerprint density at radius 3 is 2.77 bits per heavy atom. The molecular formula is C21H22FN7O2. The second kappa shape index (κ2) is 7.04. The number of amides is 2. The number of nitriles is 1. The minimum atomic E-state index is -0.963. The first kappa shape index (κ1) is 19.5. The number of likely N-dealkylation sites (tertiary alicyclic amines) is 1. The van der Waals surface area contributed by atoms with E-state index in [0.717, 1.165) is 12.8 Å². The van der Waals surface area contributed by atoms with Crippen LogP contribution >= 0.6 is 0 Å². The molecule has 0 spiro atoms. The van der Waals surface area contributed by atoms with Crippen molar-refractivity contribution < 1.29 is 14.0 Å². The summed E-state index contributed by atoms with van der Waals surface area (Å²) in [5, 5.41) is 17.0. The van der Waals surface area contributed by atoms with E-state index in [4.69, 9.17) is 0 Å². The Hall–Kier alpha value is -3.48. The zero-order valence-electron chi connectivity index (χ0n) is 17.1. The van der Waals surface area contributed by atoms with E-state index >= 15 is 0 Å². The number of hydrogen-bond donors (Lipinski definition) is 1. The van der Waals surface area contributed by atoms with Gasteiger partial charge in [-0.15, -0.1) is 0 Å². The number of carbonyl (C=O) groups excluding carboxylic acids is 2. The Labute approximate surface area is 178 Å². The van der Waals surface area contributed by atoms with E-state index < -0.39 is 11.6 Å². The molecule has 5 rings (SSSR count). The first-order chi connectivity index (χ1) is 14.9. The third-order valence-corrected chi connectivity index (χ3v) is 6.36. The first-order valence-electron chi connectivity index (χ1n) is 10.3. The predicted octanol–water partition coefficient (Wildman–Crippen LogP) is 2.01. The maximum absolute atomic E-state index is 13.1. The van der Waals surface area contributed by atoms with Gasteiger partial charge in [0.15, 0.2) is 5.82 Å². The number of hydrogen-bond acceptors (Lipinski definition) is 6. The van der Waals surface area contributed by atoms with Gasteiger partial charge in [-0.3, -0.25) is 14.3 Å². The lowest BCUT2D eigenvalue weighted by Gasteiger charge is -2.34. The van der Waals surface area contributed by atoms with Crippen LogP contribution in [0.5, 0.6) is 0 Å². The minimum absolute atomic E-state index is 0.102. The third kappa shape index (κ3) is 3.21. The van der Waals surface area contributed by atoms with Crippen molar-refractivity contribution >= 4 is 29.1 Å². The number of aryl methyl sites for hydroxylation is 1. The summed E-state index contributed by atoms with van der Waals surface area (Å²) in [4.78, 5) is 32.9. The van der Waals surface area contributed by atoms with Crippen LogP contribution < -0.4 is 10.2 Å². The Kier molecular flexibility index (Phi) is 4.43. The largest absolute Gasteiger partial charge is 0.331 e. The zero-order chi connectivity index (χ0) is 21.8. The Balaban J connectivity index is 1.33. The predicted molar refractivity (Wildman–Crippen MR) is 109 cm³/mol. The smallest absolute Gasteiger partial charge is 0.272 e. The maximum atomic E-state index is 13.1. The quantitative estimate of drug-likeness (QED) is 0.788. The SMILES string of the molecule is Cn1nc(Nc2cc(N3CC[C@@](C#N)(C4CC4)C3=O)ccn2)cc1C(=O)N1CC(F)C1. The van der Waals surface area contributed by atoms with Crippen molar-refractivity contribution in [3.05, 3.63) is 30.1 Å². The van der Waals surface area contributed by atoms with Crippen molar-refractivity contribution in [3.8, 4) is 6.07 Å². The summed E-state index contributed by atoms with van der Waals surface area (Å²) in [5.74, 6) is 0.647. The second-order valence-corrected chi connectivity index (χ2v) is 8.43. The highest BCUT2D eigenvalue weighted by Crippen LogP contribution is 2.51. The number of anilines is 3. The van der Waals surface area contributed by atoms with Gasteiger partial charge in [0.25, 0.3) is 5.91 Å².